The van der Waals surface area contributed by atoms with Gasteiger partial charge in [0.2, 0.25) is 0 Å². The fourth-order valence-electron chi connectivity index (χ4n) is 3.41. The lowest BCUT2D eigenvalue weighted by molar-refractivity contribution is 0.219. The van der Waals surface area contributed by atoms with Gasteiger partial charge in [0.15, 0.2) is 0 Å². The fraction of sp³-hybridized carbons (Fsp3) is 1.00. The van der Waals surface area contributed by atoms with Gasteiger partial charge in [0.05, 0.1) is 0 Å². The molecule has 0 amide bonds. The summed E-state index contributed by atoms with van der Waals surface area (Å²) in [5.74, 6) is 0.745. The molecule has 0 aromatic rings. The van der Waals surface area contributed by atoms with Gasteiger partial charge in [-0.25, -0.2) is 0 Å². The summed E-state index contributed by atoms with van der Waals surface area (Å²) in [6.07, 6.45) is 5.62. The van der Waals surface area contributed by atoms with E-state index in [9.17, 15) is 0 Å². The molecule has 0 radical (unpaired) electrons. The topological polar surface area (TPSA) is 32.5 Å². The Morgan fingerprint density at radius 3 is 2.25 bits per heavy atom. The SMILES string of the molecule is CC(N)C1CCN(C2CCN(C3CC3)C2)C1. The van der Waals surface area contributed by atoms with Crippen LogP contribution in [0.3, 0.4) is 0 Å². The van der Waals surface area contributed by atoms with Crippen molar-refractivity contribution in [2.24, 2.45) is 11.7 Å². The summed E-state index contributed by atoms with van der Waals surface area (Å²) in [5, 5.41) is 0. The lowest BCUT2D eigenvalue weighted by Gasteiger charge is -2.25. The Morgan fingerprint density at radius 2 is 1.62 bits per heavy atom. The van der Waals surface area contributed by atoms with E-state index >= 15 is 0 Å². The first-order valence-electron chi connectivity index (χ1n) is 6.97. The van der Waals surface area contributed by atoms with Crippen molar-refractivity contribution >= 4 is 0 Å². The number of hydrogen-bond acceptors (Lipinski definition) is 3. The van der Waals surface area contributed by atoms with Crippen molar-refractivity contribution in [3.63, 3.8) is 0 Å². The van der Waals surface area contributed by atoms with Gasteiger partial charge >= 0.3 is 0 Å². The molecular formula is C13H25N3. The van der Waals surface area contributed by atoms with Crippen molar-refractivity contribution in [2.45, 2.75) is 50.7 Å². The van der Waals surface area contributed by atoms with Crippen LogP contribution in [0, 0.1) is 5.92 Å². The molecule has 0 bridgehead atoms. The van der Waals surface area contributed by atoms with E-state index < -0.39 is 0 Å². The minimum atomic E-state index is 0.380. The summed E-state index contributed by atoms with van der Waals surface area (Å²) in [6.45, 7) is 7.38. The summed E-state index contributed by atoms with van der Waals surface area (Å²) < 4.78 is 0. The predicted molar refractivity (Wildman–Crippen MR) is 66.3 cm³/mol. The third-order valence-electron chi connectivity index (χ3n) is 4.77. The van der Waals surface area contributed by atoms with Crippen LogP contribution in [0.1, 0.15) is 32.6 Å². The summed E-state index contributed by atoms with van der Waals surface area (Å²) in [4.78, 5) is 5.42. The van der Waals surface area contributed by atoms with Crippen LogP contribution in [-0.4, -0.2) is 54.1 Å². The van der Waals surface area contributed by atoms with Crippen molar-refractivity contribution in [3.05, 3.63) is 0 Å². The Morgan fingerprint density at radius 1 is 0.938 bits per heavy atom. The molecule has 2 heterocycles. The molecule has 0 spiro atoms. The maximum atomic E-state index is 6.01. The number of likely N-dealkylation sites (tertiary alicyclic amines) is 2. The van der Waals surface area contributed by atoms with Gasteiger partial charge in [0.1, 0.15) is 0 Å². The van der Waals surface area contributed by atoms with E-state index in [4.69, 9.17) is 5.73 Å². The van der Waals surface area contributed by atoms with E-state index in [1.807, 2.05) is 0 Å². The first-order chi connectivity index (χ1) is 7.74. The molecular weight excluding hydrogens is 198 g/mol. The minimum Gasteiger partial charge on any atom is -0.328 e. The van der Waals surface area contributed by atoms with E-state index in [2.05, 4.69) is 16.7 Å². The van der Waals surface area contributed by atoms with E-state index in [0.717, 1.165) is 18.0 Å². The van der Waals surface area contributed by atoms with Crippen LogP contribution in [0.15, 0.2) is 0 Å². The molecule has 1 saturated carbocycles. The second-order valence-corrected chi connectivity index (χ2v) is 6.07. The Balaban J connectivity index is 1.51. The highest BCUT2D eigenvalue weighted by Crippen LogP contribution is 2.32. The standard InChI is InChI=1S/C13H25N3/c1-10(14)11-4-6-15(8-11)13-5-7-16(9-13)12-2-3-12/h10-13H,2-9,14H2,1H3. The zero-order valence-corrected chi connectivity index (χ0v) is 10.4. The van der Waals surface area contributed by atoms with Gasteiger partial charge < -0.3 is 5.73 Å². The third kappa shape index (κ3) is 2.13. The zero-order valence-electron chi connectivity index (χ0n) is 10.4. The largest absolute Gasteiger partial charge is 0.328 e. The summed E-state index contributed by atoms with van der Waals surface area (Å²) in [6, 6.07) is 2.17. The van der Waals surface area contributed by atoms with E-state index in [-0.39, 0.29) is 0 Å². The van der Waals surface area contributed by atoms with Gasteiger partial charge in [-0.05, 0) is 45.1 Å². The molecule has 2 aliphatic heterocycles. The van der Waals surface area contributed by atoms with Gasteiger partial charge in [-0.2, -0.15) is 0 Å². The molecule has 3 aliphatic rings. The van der Waals surface area contributed by atoms with E-state index in [0.29, 0.717) is 6.04 Å². The maximum Gasteiger partial charge on any atom is 0.0235 e. The average molecular weight is 223 g/mol. The van der Waals surface area contributed by atoms with Crippen LogP contribution in [0.2, 0.25) is 0 Å². The smallest absolute Gasteiger partial charge is 0.0235 e. The van der Waals surface area contributed by atoms with E-state index in [1.165, 1.54) is 51.9 Å². The molecule has 0 aromatic carbocycles. The fourth-order valence-corrected chi connectivity index (χ4v) is 3.41. The molecule has 2 N–H and O–H groups in total. The summed E-state index contributed by atoms with van der Waals surface area (Å²) >= 11 is 0. The van der Waals surface area contributed by atoms with Crippen LogP contribution in [-0.2, 0) is 0 Å². The highest BCUT2D eigenvalue weighted by Gasteiger charge is 2.38. The molecule has 3 rings (SSSR count). The molecule has 0 aromatic heterocycles. The van der Waals surface area contributed by atoms with Crippen LogP contribution < -0.4 is 5.73 Å². The number of hydrogen-bond donors (Lipinski definition) is 1. The average Bonchev–Trinajstić information content (AvgIpc) is 2.83. The Kier molecular flexibility index (Phi) is 2.94. The predicted octanol–water partition coefficient (Wildman–Crippen LogP) is 0.892. The highest BCUT2D eigenvalue weighted by molar-refractivity contribution is 4.95. The molecule has 92 valence electrons. The third-order valence-corrected chi connectivity index (χ3v) is 4.77. The first kappa shape index (κ1) is 11.0. The van der Waals surface area contributed by atoms with E-state index in [1.54, 1.807) is 0 Å². The molecule has 3 nitrogen and oxygen atoms in total. The second kappa shape index (κ2) is 4.28. The van der Waals surface area contributed by atoms with Crippen LogP contribution in [0.25, 0.3) is 0 Å². The van der Waals surface area contributed by atoms with Gasteiger partial charge in [-0.15, -0.1) is 0 Å². The molecule has 3 heteroatoms. The van der Waals surface area contributed by atoms with Crippen LogP contribution in [0.5, 0.6) is 0 Å². The summed E-state index contributed by atoms with van der Waals surface area (Å²) in [7, 11) is 0. The van der Waals surface area contributed by atoms with Crippen LogP contribution in [0.4, 0.5) is 0 Å². The van der Waals surface area contributed by atoms with Crippen molar-refractivity contribution < 1.29 is 0 Å². The first-order valence-corrected chi connectivity index (χ1v) is 6.97. The Hall–Kier alpha value is -0.120. The molecule has 2 saturated heterocycles. The van der Waals surface area contributed by atoms with Crippen molar-refractivity contribution in [3.8, 4) is 0 Å². The number of rotatable bonds is 3. The highest BCUT2D eigenvalue weighted by atomic mass is 15.3. The normalized spacial score (nSPS) is 39.4. The Bertz CT molecular complexity index is 232. The van der Waals surface area contributed by atoms with Crippen molar-refractivity contribution in [1.29, 1.82) is 0 Å². The molecule has 3 unspecified atom stereocenters. The van der Waals surface area contributed by atoms with Crippen LogP contribution >= 0.6 is 0 Å². The maximum absolute atomic E-state index is 6.01. The van der Waals surface area contributed by atoms with Gasteiger partial charge in [-0.1, -0.05) is 0 Å². The molecule has 3 atom stereocenters. The van der Waals surface area contributed by atoms with Gasteiger partial charge in [0.25, 0.3) is 0 Å². The minimum absolute atomic E-state index is 0.380. The lowest BCUT2D eigenvalue weighted by atomic mass is 10.0. The number of nitrogens with zero attached hydrogens (tertiary/aromatic N) is 2. The second-order valence-electron chi connectivity index (χ2n) is 6.07. The zero-order chi connectivity index (χ0) is 11.1. The lowest BCUT2D eigenvalue weighted by Crippen LogP contribution is -2.38. The molecule has 3 fully saturated rings. The molecule has 1 aliphatic carbocycles. The van der Waals surface area contributed by atoms with Gasteiger partial charge in [-0.3, -0.25) is 9.80 Å². The number of nitrogens with two attached hydrogens (primary N) is 1. The monoisotopic (exact) mass is 223 g/mol. The Labute approximate surface area is 99.0 Å². The molecule has 16 heavy (non-hydrogen) atoms. The summed E-state index contributed by atoms with van der Waals surface area (Å²) in [5.41, 5.74) is 6.01. The van der Waals surface area contributed by atoms with Gasteiger partial charge in [0, 0.05) is 37.8 Å². The van der Waals surface area contributed by atoms with Crippen molar-refractivity contribution in [2.75, 3.05) is 26.2 Å². The quantitative estimate of drug-likeness (QED) is 0.771. The van der Waals surface area contributed by atoms with Crippen molar-refractivity contribution in [1.82, 2.24) is 9.80 Å².